The van der Waals surface area contributed by atoms with Gasteiger partial charge in [-0.15, -0.1) is 0 Å². The standard InChI is InChI=1S/C24H47N/c1-21(2,3)18-16-14-13-15-17-19(22(4,5)6)25(24(10,11)12)20(18)23(7,8)9/h14,16,18-20H,13,15,17H2,1-12H3/b16-14+. The number of allylic oxidation sites excluding steroid dienone is 1. The molecule has 0 aromatic rings. The van der Waals surface area contributed by atoms with Crippen molar-refractivity contribution >= 4 is 0 Å². The maximum atomic E-state index is 2.92. The van der Waals surface area contributed by atoms with Crippen molar-refractivity contribution in [3.05, 3.63) is 12.2 Å². The Morgan fingerprint density at radius 1 is 0.720 bits per heavy atom. The van der Waals surface area contributed by atoms with Crippen LogP contribution in [-0.2, 0) is 0 Å². The van der Waals surface area contributed by atoms with Crippen molar-refractivity contribution in [3.8, 4) is 0 Å². The molecule has 0 fully saturated rings. The Morgan fingerprint density at radius 2 is 1.24 bits per heavy atom. The SMILES string of the molecule is CC(C)(C)C1/C=C/CCCC(C(C)(C)C)N(C(C)(C)C)C1C(C)(C)C. The maximum Gasteiger partial charge on any atom is 0.0220 e. The molecule has 3 atom stereocenters. The largest absolute Gasteiger partial charge is 0.291 e. The summed E-state index contributed by atoms with van der Waals surface area (Å²) in [5, 5.41) is 0. The fraction of sp³-hybridized carbons (Fsp3) is 0.917. The third-order valence-corrected chi connectivity index (χ3v) is 5.83. The predicted octanol–water partition coefficient (Wildman–Crippen LogP) is 7.32. The van der Waals surface area contributed by atoms with Gasteiger partial charge in [-0.1, -0.05) is 74.5 Å². The van der Waals surface area contributed by atoms with Crippen molar-refractivity contribution < 1.29 is 0 Å². The fourth-order valence-electron chi connectivity index (χ4n) is 4.74. The number of nitrogens with zero attached hydrogens (tertiary/aromatic N) is 1. The zero-order valence-corrected chi connectivity index (χ0v) is 19.5. The predicted molar refractivity (Wildman–Crippen MR) is 114 cm³/mol. The quantitative estimate of drug-likeness (QED) is 0.414. The van der Waals surface area contributed by atoms with Gasteiger partial charge in [0, 0.05) is 17.6 Å². The van der Waals surface area contributed by atoms with Gasteiger partial charge in [-0.2, -0.15) is 0 Å². The van der Waals surface area contributed by atoms with E-state index < -0.39 is 0 Å². The Kier molecular flexibility index (Phi) is 6.71. The molecule has 25 heavy (non-hydrogen) atoms. The smallest absolute Gasteiger partial charge is 0.0220 e. The summed E-state index contributed by atoms with van der Waals surface area (Å²) >= 11 is 0. The van der Waals surface area contributed by atoms with Crippen LogP contribution in [-0.4, -0.2) is 22.5 Å². The van der Waals surface area contributed by atoms with E-state index in [0.29, 0.717) is 18.0 Å². The normalized spacial score (nSPS) is 29.7. The molecule has 0 aromatic carbocycles. The molecule has 3 unspecified atom stereocenters. The van der Waals surface area contributed by atoms with Gasteiger partial charge >= 0.3 is 0 Å². The van der Waals surface area contributed by atoms with Gasteiger partial charge in [0.15, 0.2) is 0 Å². The topological polar surface area (TPSA) is 3.24 Å². The Hall–Kier alpha value is -0.300. The first-order valence-corrected chi connectivity index (χ1v) is 10.4. The van der Waals surface area contributed by atoms with Crippen LogP contribution >= 0.6 is 0 Å². The van der Waals surface area contributed by atoms with Crippen LogP contribution in [0.5, 0.6) is 0 Å². The van der Waals surface area contributed by atoms with E-state index in [1.807, 2.05) is 0 Å². The molecule has 0 spiro atoms. The summed E-state index contributed by atoms with van der Waals surface area (Å²) in [5.74, 6) is 0.551. The average molecular weight is 350 g/mol. The Bertz CT molecular complexity index is 444. The summed E-state index contributed by atoms with van der Waals surface area (Å²) in [7, 11) is 0. The summed E-state index contributed by atoms with van der Waals surface area (Å²) < 4.78 is 0. The van der Waals surface area contributed by atoms with E-state index in [0.717, 1.165) is 0 Å². The minimum Gasteiger partial charge on any atom is -0.291 e. The van der Waals surface area contributed by atoms with Crippen LogP contribution in [0.2, 0.25) is 0 Å². The Labute approximate surface area is 159 Å². The lowest BCUT2D eigenvalue weighted by Crippen LogP contribution is -2.64. The highest BCUT2D eigenvalue weighted by Gasteiger charge is 2.48. The second-order valence-corrected chi connectivity index (χ2v) is 12.5. The molecule has 0 amide bonds. The third-order valence-electron chi connectivity index (χ3n) is 5.83. The molecule has 0 saturated carbocycles. The van der Waals surface area contributed by atoms with E-state index in [1.54, 1.807) is 0 Å². The number of hydrogen-bond donors (Lipinski definition) is 0. The zero-order chi connectivity index (χ0) is 19.8. The van der Waals surface area contributed by atoms with Crippen molar-refractivity contribution in [3.63, 3.8) is 0 Å². The minimum atomic E-state index is 0.150. The van der Waals surface area contributed by atoms with Crippen LogP contribution in [0.25, 0.3) is 0 Å². The van der Waals surface area contributed by atoms with Gasteiger partial charge in [0.05, 0.1) is 0 Å². The van der Waals surface area contributed by atoms with Crippen LogP contribution in [0, 0.1) is 22.2 Å². The minimum absolute atomic E-state index is 0.150. The van der Waals surface area contributed by atoms with Gasteiger partial charge in [0.2, 0.25) is 0 Å². The van der Waals surface area contributed by atoms with Crippen molar-refractivity contribution in [2.24, 2.45) is 22.2 Å². The molecular weight excluding hydrogens is 302 g/mol. The van der Waals surface area contributed by atoms with E-state index in [4.69, 9.17) is 0 Å². The highest BCUT2D eigenvalue weighted by Crippen LogP contribution is 2.47. The maximum absolute atomic E-state index is 2.92. The van der Waals surface area contributed by atoms with Crippen molar-refractivity contribution in [2.75, 3.05) is 0 Å². The molecule has 0 bridgehead atoms. The molecule has 0 N–H and O–H groups in total. The van der Waals surface area contributed by atoms with Gasteiger partial charge in [0.25, 0.3) is 0 Å². The van der Waals surface area contributed by atoms with Crippen molar-refractivity contribution in [1.29, 1.82) is 0 Å². The average Bonchev–Trinajstić information content (AvgIpc) is 2.42. The third kappa shape index (κ3) is 5.84. The van der Waals surface area contributed by atoms with E-state index in [2.05, 4.69) is 100 Å². The fourth-order valence-corrected chi connectivity index (χ4v) is 4.74. The van der Waals surface area contributed by atoms with Crippen LogP contribution in [0.4, 0.5) is 0 Å². The van der Waals surface area contributed by atoms with Crippen LogP contribution in [0.15, 0.2) is 12.2 Å². The van der Waals surface area contributed by atoms with E-state index >= 15 is 0 Å². The molecule has 0 aromatic heterocycles. The first kappa shape index (κ1) is 22.7. The summed E-state index contributed by atoms with van der Waals surface area (Å²) in [6.45, 7) is 29.2. The lowest BCUT2D eigenvalue weighted by molar-refractivity contribution is -0.0855. The highest BCUT2D eigenvalue weighted by atomic mass is 15.3. The molecule has 1 rings (SSSR count). The Balaban J connectivity index is 3.67. The van der Waals surface area contributed by atoms with E-state index in [9.17, 15) is 0 Å². The molecule has 1 heterocycles. The Morgan fingerprint density at radius 3 is 1.60 bits per heavy atom. The molecule has 0 saturated heterocycles. The number of hydrogen-bond acceptors (Lipinski definition) is 1. The number of rotatable bonds is 0. The molecule has 1 heteroatoms. The van der Waals surface area contributed by atoms with Crippen LogP contribution in [0.1, 0.15) is 102 Å². The van der Waals surface area contributed by atoms with Crippen LogP contribution < -0.4 is 0 Å². The van der Waals surface area contributed by atoms with E-state index in [-0.39, 0.29) is 21.8 Å². The molecule has 0 aliphatic carbocycles. The molecule has 1 aliphatic heterocycles. The molecular formula is C24H47N. The second kappa shape index (κ2) is 7.37. The second-order valence-electron chi connectivity index (χ2n) is 12.5. The van der Waals surface area contributed by atoms with Crippen LogP contribution in [0.3, 0.4) is 0 Å². The van der Waals surface area contributed by atoms with Gasteiger partial charge in [-0.25, -0.2) is 0 Å². The van der Waals surface area contributed by atoms with Crippen molar-refractivity contribution in [2.45, 2.75) is 120 Å². The zero-order valence-electron chi connectivity index (χ0n) is 19.5. The van der Waals surface area contributed by atoms with Gasteiger partial charge in [-0.3, -0.25) is 4.90 Å². The highest BCUT2D eigenvalue weighted by molar-refractivity contribution is 5.09. The first-order chi connectivity index (χ1) is 11.0. The molecule has 1 nitrogen and oxygen atoms in total. The monoisotopic (exact) mass is 349 g/mol. The van der Waals surface area contributed by atoms with Gasteiger partial charge in [-0.05, 0) is 62.2 Å². The van der Waals surface area contributed by atoms with Gasteiger partial charge < -0.3 is 0 Å². The lowest BCUT2D eigenvalue weighted by Gasteiger charge is -2.58. The summed E-state index contributed by atoms with van der Waals surface area (Å²) in [4.78, 5) is 2.92. The summed E-state index contributed by atoms with van der Waals surface area (Å²) in [6.07, 6.45) is 8.82. The van der Waals surface area contributed by atoms with Gasteiger partial charge in [0.1, 0.15) is 0 Å². The van der Waals surface area contributed by atoms with E-state index in [1.165, 1.54) is 19.3 Å². The molecule has 1 aliphatic rings. The molecule has 0 radical (unpaired) electrons. The lowest BCUT2D eigenvalue weighted by atomic mass is 9.65. The molecule has 148 valence electrons. The summed E-state index contributed by atoms with van der Waals surface area (Å²) in [6, 6.07) is 1.12. The van der Waals surface area contributed by atoms with Crippen molar-refractivity contribution in [1.82, 2.24) is 4.90 Å². The summed E-state index contributed by atoms with van der Waals surface area (Å²) in [5.41, 5.74) is 0.912. The first-order valence-electron chi connectivity index (χ1n) is 10.4.